The van der Waals surface area contributed by atoms with E-state index in [9.17, 15) is 13.2 Å². The highest BCUT2D eigenvalue weighted by atomic mass is 35.5. The van der Waals surface area contributed by atoms with Gasteiger partial charge in [0.15, 0.2) is 11.8 Å². The van der Waals surface area contributed by atoms with Gasteiger partial charge in [-0.05, 0) is 31.9 Å². The Bertz CT molecular complexity index is 1080. The smallest absolute Gasteiger partial charge is 0.327 e. The summed E-state index contributed by atoms with van der Waals surface area (Å²) in [5.74, 6) is -0.644. The van der Waals surface area contributed by atoms with Gasteiger partial charge in [0, 0.05) is 17.0 Å². The highest BCUT2D eigenvalue weighted by Crippen LogP contribution is 2.35. The summed E-state index contributed by atoms with van der Waals surface area (Å²) < 4.78 is 33.9. The number of sulfonamides is 1. The molecule has 1 saturated carbocycles. The Balaban J connectivity index is 0.00000166. The monoisotopic (exact) mass is 469 g/mol. The molecule has 0 saturated heterocycles. The Morgan fingerprint density at radius 1 is 1.26 bits per heavy atom. The van der Waals surface area contributed by atoms with E-state index >= 15 is 0 Å². The molecule has 11 heteroatoms. The van der Waals surface area contributed by atoms with Crippen molar-refractivity contribution in [1.82, 2.24) is 9.71 Å². The summed E-state index contributed by atoms with van der Waals surface area (Å²) >= 11 is 6.17. The lowest BCUT2D eigenvalue weighted by atomic mass is 10.00. The fourth-order valence-electron chi connectivity index (χ4n) is 3.46. The van der Waals surface area contributed by atoms with E-state index in [1.807, 2.05) is 13.8 Å². The molecular weight excluding hydrogens is 442 g/mol. The van der Waals surface area contributed by atoms with Crippen LogP contribution in [0.15, 0.2) is 34.3 Å². The standard InChI is InChI=1S/C18H22ClN5O4S.C2H6/c1-2-28-16(25)18(7-3-4-8-18)24-29(26,27)11-5-6-12-13(9-11)15(23-17(20)21)22-10-14(12)19;1-2/h5-6,9-10,24H,2-4,7-8H2,1H3,(H4,20,21,22,23);1-2H3. The molecular formula is C20H28ClN5O4S. The third kappa shape index (κ3) is 5.44. The van der Waals surface area contributed by atoms with Crippen LogP contribution in [-0.4, -0.2) is 37.5 Å². The Morgan fingerprint density at radius 3 is 2.48 bits per heavy atom. The molecule has 31 heavy (non-hydrogen) atoms. The number of aromatic nitrogens is 1. The van der Waals surface area contributed by atoms with Gasteiger partial charge in [0.2, 0.25) is 10.0 Å². The van der Waals surface area contributed by atoms with E-state index in [0.717, 1.165) is 12.8 Å². The minimum absolute atomic E-state index is 0.0586. The Labute approximate surface area is 187 Å². The van der Waals surface area contributed by atoms with Crippen LogP contribution >= 0.6 is 11.6 Å². The highest BCUT2D eigenvalue weighted by molar-refractivity contribution is 7.89. The summed E-state index contributed by atoms with van der Waals surface area (Å²) in [6.45, 7) is 5.85. The molecule has 0 aliphatic heterocycles. The molecule has 1 aliphatic rings. The van der Waals surface area contributed by atoms with Gasteiger partial charge in [0.1, 0.15) is 5.54 Å². The number of nitrogens with zero attached hydrogens (tertiary/aromatic N) is 2. The van der Waals surface area contributed by atoms with Crippen LogP contribution in [0.5, 0.6) is 0 Å². The molecule has 0 amide bonds. The van der Waals surface area contributed by atoms with E-state index in [2.05, 4.69) is 14.7 Å². The SMILES string of the molecule is CC.CCOC(=O)C1(NS(=O)(=O)c2ccc3c(Cl)cnc(N=C(N)N)c3c2)CCCC1. The van der Waals surface area contributed by atoms with Crippen molar-refractivity contribution >= 4 is 50.1 Å². The van der Waals surface area contributed by atoms with E-state index in [0.29, 0.717) is 28.6 Å². The number of hydrogen-bond acceptors (Lipinski definition) is 6. The van der Waals surface area contributed by atoms with Crippen LogP contribution in [-0.2, 0) is 19.6 Å². The molecule has 0 atom stereocenters. The van der Waals surface area contributed by atoms with Gasteiger partial charge in [-0.1, -0.05) is 44.4 Å². The number of aliphatic imine (C=N–C) groups is 1. The molecule has 5 N–H and O–H groups in total. The van der Waals surface area contributed by atoms with Crippen LogP contribution in [0.4, 0.5) is 5.82 Å². The first-order chi connectivity index (χ1) is 14.7. The molecule has 1 fully saturated rings. The molecule has 0 radical (unpaired) electrons. The first kappa shape index (κ1) is 24.8. The van der Waals surface area contributed by atoms with Crippen molar-refractivity contribution in [3.63, 3.8) is 0 Å². The zero-order valence-electron chi connectivity index (χ0n) is 17.8. The Kier molecular flexibility index (Phi) is 8.21. The second-order valence-corrected chi connectivity index (χ2v) is 8.88. The number of carbonyl (C=O) groups is 1. The quantitative estimate of drug-likeness (QED) is 0.334. The molecule has 1 heterocycles. The number of guanidine groups is 1. The van der Waals surface area contributed by atoms with Crippen LogP contribution in [0.1, 0.15) is 46.5 Å². The zero-order valence-corrected chi connectivity index (χ0v) is 19.4. The highest BCUT2D eigenvalue weighted by Gasteiger charge is 2.45. The van der Waals surface area contributed by atoms with Gasteiger partial charge in [-0.3, -0.25) is 4.79 Å². The van der Waals surface area contributed by atoms with E-state index in [4.69, 9.17) is 27.8 Å². The minimum Gasteiger partial charge on any atom is -0.465 e. The normalized spacial score (nSPS) is 15.1. The molecule has 1 aliphatic carbocycles. The second-order valence-electron chi connectivity index (χ2n) is 6.79. The number of ether oxygens (including phenoxy) is 1. The van der Waals surface area contributed by atoms with Gasteiger partial charge < -0.3 is 16.2 Å². The summed E-state index contributed by atoms with van der Waals surface area (Å²) in [7, 11) is -4.05. The fourth-order valence-corrected chi connectivity index (χ4v) is 5.12. The molecule has 0 unspecified atom stereocenters. The van der Waals surface area contributed by atoms with Crippen molar-refractivity contribution in [2.24, 2.45) is 16.5 Å². The van der Waals surface area contributed by atoms with Crippen molar-refractivity contribution in [2.45, 2.75) is 56.9 Å². The van der Waals surface area contributed by atoms with Crippen molar-refractivity contribution in [2.75, 3.05) is 6.61 Å². The predicted molar refractivity (Wildman–Crippen MR) is 122 cm³/mol. The molecule has 0 spiro atoms. The molecule has 9 nitrogen and oxygen atoms in total. The molecule has 2 aromatic rings. The van der Waals surface area contributed by atoms with Crippen molar-refractivity contribution in [3.05, 3.63) is 29.4 Å². The minimum atomic E-state index is -4.05. The second kappa shape index (κ2) is 10.3. The first-order valence-corrected chi connectivity index (χ1v) is 11.9. The number of nitrogens with one attached hydrogen (secondary N) is 1. The van der Waals surface area contributed by atoms with E-state index in [1.54, 1.807) is 13.0 Å². The van der Waals surface area contributed by atoms with E-state index < -0.39 is 21.5 Å². The van der Waals surface area contributed by atoms with Gasteiger partial charge in [-0.25, -0.2) is 13.4 Å². The van der Waals surface area contributed by atoms with Crippen LogP contribution in [0.25, 0.3) is 10.8 Å². The lowest BCUT2D eigenvalue weighted by Gasteiger charge is -2.27. The van der Waals surface area contributed by atoms with E-state index in [1.165, 1.54) is 18.3 Å². The third-order valence-electron chi connectivity index (χ3n) is 4.79. The van der Waals surface area contributed by atoms with Crippen LogP contribution < -0.4 is 16.2 Å². The maximum Gasteiger partial charge on any atom is 0.327 e. The topological polar surface area (TPSA) is 150 Å². The number of halogens is 1. The molecule has 1 aromatic carbocycles. The lowest BCUT2D eigenvalue weighted by Crippen LogP contribution is -2.53. The van der Waals surface area contributed by atoms with Crippen molar-refractivity contribution in [1.29, 1.82) is 0 Å². The average Bonchev–Trinajstić information content (AvgIpc) is 3.20. The average molecular weight is 470 g/mol. The summed E-state index contributed by atoms with van der Waals surface area (Å²) in [6, 6.07) is 4.33. The third-order valence-corrected chi connectivity index (χ3v) is 6.62. The summed E-state index contributed by atoms with van der Waals surface area (Å²) in [5, 5.41) is 1.23. The van der Waals surface area contributed by atoms with Gasteiger partial charge >= 0.3 is 5.97 Å². The maximum atomic E-state index is 13.1. The van der Waals surface area contributed by atoms with Gasteiger partial charge in [0.05, 0.1) is 16.5 Å². The number of pyridine rings is 1. The van der Waals surface area contributed by atoms with Crippen LogP contribution in [0.2, 0.25) is 5.02 Å². The van der Waals surface area contributed by atoms with Crippen LogP contribution in [0.3, 0.4) is 0 Å². The Hall–Kier alpha value is -2.43. The molecule has 0 bridgehead atoms. The van der Waals surface area contributed by atoms with Gasteiger partial charge in [-0.2, -0.15) is 9.71 Å². The number of benzene rings is 1. The number of carbonyl (C=O) groups excluding carboxylic acids is 1. The summed E-state index contributed by atoms with van der Waals surface area (Å²) in [4.78, 5) is 20.4. The number of fused-ring (bicyclic) bond motifs is 1. The van der Waals surface area contributed by atoms with Gasteiger partial charge in [0.25, 0.3) is 0 Å². The number of hydrogen-bond donors (Lipinski definition) is 3. The van der Waals surface area contributed by atoms with Crippen molar-refractivity contribution < 1.29 is 17.9 Å². The number of esters is 1. The van der Waals surface area contributed by atoms with Crippen LogP contribution in [0, 0.1) is 0 Å². The number of nitrogens with two attached hydrogens (primary N) is 2. The maximum absolute atomic E-state index is 13.1. The molecule has 3 rings (SSSR count). The molecule has 170 valence electrons. The predicted octanol–water partition coefficient (Wildman–Crippen LogP) is 2.97. The van der Waals surface area contributed by atoms with E-state index in [-0.39, 0.29) is 23.3 Å². The number of rotatable bonds is 6. The lowest BCUT2D eigenvalue weighted by molar-refractivity contribution is -0.150. The summed E-state index contributed by atoms with van der Waals surface area (Å²) in [6.07, 6.45) is 3.60. The van der Waals surface area contributed by atoms with Crippen molar-refractivity contribution in [3.8, 4) is 0 Å². The molecule has 1 aromatic heterocycles. The summed E-state index contributed by atoms with van der Waals surface area (Å²) in [5.41, 5.74) is 9.61. The van der Waals surface area contributed by atoms with Gasteiger partial charge in [-0.15, -0.1) is 0 Å². The largest absolute Gasteiger partial charge is 0.465 e. The zero-order chi connectivity index (χ0) is 23.2. The Morgan fingerprint density at radius 2 is 1.90 bits per heavy atom. The fraction of sp³-hybridized carbons (Fsp3) is 0.450. The first-order valence-electron chi connectivity index (χ1n) is 10.1.